The van der Waals surface area contributed by atoms with Crippen LogP contribution in [0.25, 0.3) is 11.0 Å². The molecule has 1 aromatic heterocycles. The van der Waals surface area contributed by atoms with E-state index in [4.69, 9.17) is 4.42 Å². The number of rotatable bonds is 4. The van der Waals surface area contributed by atoms with Crippen LogP contribution in [0.5, 0.6) is 0 Å². The van der Waals surface area contributed by atoms with Crippen LogP contribution >= 0.6 is 0 Å². The van der Waals surface area contributed by atoms with Gasteiger partial charge in [-0.05, 0) is 36.4 Å². The maximum Gasteiger partial charge on any atom is 0.287 e. The molecule has 6 heteroatoms. The molecule has 2 amide bonds. The topological polar surface area (TPSA) is 62.6 Å². The Bertz CT molecular complexity index is 932. The third kappa shape index (κ3) is 3.18. The summed E-state index contributed by atoms with van der Waals surface area (Å²) in [5.74, 6) is -0.407. The minimum atomic E-state index is -0.338. The van der Waals surface area contributed by atoms with Crippen molar-refractivity contribution in [2.75, 3.05) is 18.0 Å². The van der Waals surface area contributed by atoms with Crippen molar-refractivity contribution in [3.05, 3.63) is 66.2 Å². The molecule has 0 aliphatic carbocycles. The molecule has 1 aliphatic rings. The smallest absolute Gasteiger partial charge is 0.287 e. The number of para-hydroxylation sites is 1. The fraction of sp³-hybridized carbons (Fsp3) is 0.200. The first kappa shape index (κ1) is 16.3. The minimum Gasteiger partial charge on any atom is -0.451 e. The number of nitrogens with zero attached hydrogens (tertiary/aromatic N) is 1. The van der Waals surface area contributed by atoms with Crippen LogP contribution in [0, 0.1) is 11.7 Å². The zero-order chi connectivity index (χ0) is 18.1. The second kappa shape index (κ2) is 6.63. The molecular weight excluding hydrogens is 335 g/mol. The number of amides is 2. The zero-order valence-electron chi connectivity index (χ0n) is 13.9. The molecule has 4 rings (SSSR count). The normalized spacial score (nSPS) is 17.0. The van der Waals surface area contributed by atoms with E-state index in [9.17, 15) is 14.0 Å². The average Bonchev–Trinajstić information content (AvgIpc) is 3.24. The minimum absolute atomic E-state index is 0.000816. The number of anilines is 1. The zero-order valence-corrected chi connectivity index (χ0v) is 13.9. The summed E-state index contributed by atoms with van der Waals surface area (Å²) in [5.41, 5.74) is 1.33. The van der Waals surface area contributed by atoms with Crippen LogP contribution < -0.4 is 10.2 Å². The maximum absolute atomic E-state index is 13.0. The second-order valence-corrected chi connectivity index (χ2v) is 6.41. The second-order valence-electron chi connectivity index (χ2n) is 6.41. The van der Waals surface area contributed by atoms with E-state index >= 15 is 0 Å². The fourth-order valence-corrected chi connectivity index (χ4v) is 3.21. The van der Waals surface area contributed by atoms with Gasteiger partial charge in [-0.1, -0.05) is 18.2 Å². The number of hydrogen-bond donors (Lipinski definition) is 1. The quantitative estimate of drug-likeness (QED) is 0.783. The largest absolute Gasteiger partial charge is 0.451 e. The molecule has 2 heterocycles. The Balaban J connectivity index is 1.38. The molecule has 0 spiro atoms. The monoisotopic (exact) mass is 352 g/mol. The molecule has 5 nitrogen and oxygen atoms in total. The number of benzene rings is 2. The molecule has 1 unspecified atom stereocenters. The van der Waals surface area contributed by atoms with Gasteiger partial charge in [0.1, 0.15) is 11.4 Å². The van der Waals surface area contributed by atoms with Gasteiger partial charge in [0.25, 0.3) is 5.91 Å². The summed E-state index contributed by atoms with van der Waals surface area (Å²) in [5, 5.41) is 3.70. The lowest BCUT2D eigenvalue weighted by molar-refractivity contribution is -0.117. The number of furan rings is 1. The molecule has 0 saturated carbocycles. The molecule has 1 atom stereocenters. The van der Waals surface area contributed by atoms with Gasteiger partial charge < -0.3 is 14.6 Å². The van der Waals surface area contributed by atoms with Gasteiger partial charge >= 0.3 is 0 Å². The van der Waals surface area contributed by atoms with Crippen molar-refractivity contribution in [3.8, 4) is 0 Å². The Morgan fingerprint density at radius 2 is 1.96 bits per heavy atom. The lowest BCUT2D eigenvalue weighted by Crippen LogP contribution is -2.31. The molecule has 2 aromatic carbocycles. The molecule has 132 valence electrons. The van der Waals surface area contributed by atoms with Gasteiger partial charge in [-0.2, -0.15) is 0 Å². The molecule has 1 saturated heterocycles. The summed E-state index contributed by atoms with van der Waals surface area (Å²) < 4.78 is 18.6. The Labute approximate surface area is 149 Å². The molecule has 1 aliphatic heterocycles. The number of carbonyl (C=O) groups is 2. The molecule has 3 aromatic rings. The van der Waals surface area contributed by atoms with Gasteiger partial charge in [0.2, 0.25) is 5.91 Å². The highest BCUT2D eigenvalue weighted by molar-refractivity contribution is 5.97. The molecule has 1 N–H and O–H groups in total. The average molecular weight is 352 g/mol. The Kier molecular flexibility index (Phi) is 4.16. The third-order valence-corrected chi connectivity index (χ3v) is 4.54. The van der Waals surface area contributed by atoms with E-state index < -0.39 is 0 Å². The fourth-order valence-electron chi connectivity index (χ4n) is 3.21. The molecule has 26 heavy (non-hydrogen) atoms. The van der Waals surface area contributed by atoms with E-state index in [-0.39, 0.29) is 29.3 Å². The predicted molar refractivity (Wildman–Crippen MR) is 95.4 cm³/mol. The molecular formula is C20H17FN2O3. The van der Waals surface area contributed by atoms with Crippen LogP contribution in [-0.2, 0) is 4.79 Å². The first-order valence-electron chi connectivity index (χ1n) is 8.43. The summed E-state index contributed by atoms with van der Waals surface area (Å²) in [6, 6.07) is 15.0. The number of hydrogen-bond acceptors (Lipinski definition) is 3. The summed E-state index contributed by atoms with van der Waals surface area (Å²) in [6.07, 6.45) is 0.345. The highest BCUT2D eigenvalue weighted by Crippen LogP contribution is 2.25. The Morgan fingerprint density at radius 3 is 2.73 bits per heavy atom. The third-order valence-electron chi connectivity index (χ3n) is 4.54. The lowest BCUT2D eigenvalue weighted by atomic mass is 10.1. The summed E-state index contributed by atoms with van der Waals surface area (Å²) in [7, 11) is 0. The van der Waals surface area contributed by atoms with E-state index in [1.54, 1.807) is 23.1 Å². The van der Waals surface area contributed by atoms with Crippen LogP contribution in [0.3, 0.4) is 0 Å². The van der Waals surface area contributed by atoms with Gasteiger partial charge in [0.15, 0.2) is 5.76 Å². The first-order valence-corrected chi connectivity index (χ1v) is 8.43. The molecule has 1 fully saturated rings. The number of fused-ring (bicyclic) bond motifs is 1. The molecule has 0 bridgehead atoms. The Hall–Kier alpha value is -3.15. The highest BCUT2D eigenvalue weighted by atomic mass is 19.1. The van der Waals surface area contributed by atoms with Gasteiger partial charge in [-0.15, -0.1) is 0 Å². The molecule has 0 radical (unpaired) electrons. The predicted octanol–water partition coefficient (Wildman–Crippen LogP) is 3.35. The van der Waals surface area contributed by atoms with Crippen LogP contribution in [0.15, 0.2) is 59.0 Å². The van der Waals surface area contributed by atoms with E-state index in [2.05, 4.69) is 5.32 Å². The van der Waals surface area contributed by atoms with Crippen LogP contribution in [-0.4, -0.2) is 24.9 Å². The van der Waals surface area contributed by atoms with E-state index in [0.29, 0.717) is 30.8 Å². The van der Waals surface area contributed by atoms with Crippen molar-refractivity contribution in [2.45, 2.75) is 6.42 Å². The summed E-state index contributed by atoms with van der Waals surface area (Å²) in [6.45, 7) is 0.865. The lowest BCUT2D eigenvalue weighted by Gasteiger charge is -2.16. The summed E-state index contributed by atoms with van der Waals surface area (Å²) in [4.78, 5) is 26.1. The number of nitrogens with one attached hydrogen (secondary N) is 1. The Morgan fingerprint density at radius 1 is 1.19 bits per heavy atom. The van der Waals surface area contributed by atoms with Crippen molar-refractivity contribution in [3.63, 3.8) is 0 Å². The van der Waals surface area contributed by atoms with Gasteiger partial charge in [0.05, 0.1) is 0 Å². The van der Waals surface area contributed by atoms with Crippen LogP contribution in [0.2, 0.25) is 0 Å². The van der Waals surface area contributed by atoms with Crippen LogP contribution in [0.4, 0.5) is 10.1 Å². The van der Waals surface area contributed by atoms with E-state index in [1.807, 2.05) is 24.3 Å². The van der Waals surface area contributed by atoms with Gasteiger partial charge in [-0.3, -0.25) is 9.59 Å². The van der Waals surface area contributed by atoms with E-state index in [0.717, 1.165) is 5.39 Å². The highest BCUT2D eigenvalue weighted by Gasteiger charge is 2.31. The van der Waals surface area contributed by atoms with Gasteiger partial charge in [0, 0.05) is 36.5 Å². The van der Waals surface area contributed by atoms with Crippen molar-refractivity contribution in [1.82, 2.24) is 5.32 Å². The SMILES string of the molecule is O=C(NCC1CC(=O)N(c2ccc(F)cc2)C1)c1cc2ccccc2o1. The van der Waals surface area contributed by atoms with Crippen molar-refractivity contribution in [1.29, 1.82) is 0 Å². The maximum atomic E-state index is 13.0. The van der Waals surface area contributed by atoms with Gasteiger partial charge in [-0.25, -0.2) is 4.39 Å². The number of halogens is 1. The van der Waals surface area contributed by atoms with Crippen molar-refractivity contribution >= 4 is 28.5 Å². The summed E-state index contributed by atoms with van der Waals surface area (Å²) >= 11 is 0. The standard InChI is InChI=1S/C20H17FN2O3/c21-15-5-7-16(8-6-15)23-12-13(9-19(23)24)11-22-20(25)18-10-14-3-1-2-4-17(14)26-18/h1-8,10,13H,9,11-12H2,(H,22,25). The number of carbonyl (C=O) groups excluding carboxylic acids is 2. The first-order chi connectivity index (χ1) is 12.6. The van der Waals surface area contributed by atoms with Crippen molar-refractivity contribution in [2.24, 2.45) is 5.92 Å². The van der Waals surface area contributed by atoms with E-state index in [1.165, 1.54) is 12.1 Å². The van der Waals surface area contributed by atoms with Crippen LogP contribution in [0.1, 0.15) is 17.0 Å². The van der Waals surface area contributed by atoms with Crippen molar-refractivity contribution < 1.29 is 18.4 Å².